The highest BCUT2D eigenvalue weighted by atomic mass is 32.2. The first-order valence-corrected chi connectivity index (χ1v) is 7.76. The zero-order chi connectivity index (χ0) is 17.3. The Hall–Kier alpha value is -2.80. The Labute approximate surface area is 142 Å². The summed E-state index contributed by atoms with van der Waals surface area (Å²) in [6, 6.07) is 11.4. The van der Waals surface area contributed by atoms with E-state index in [9.17, 15) is 14.4 Å². The molecule has 2 aromatic carbocycles. The smallest absolute Gasteiger partial charge is 0.339 e. The Bertz CT molecular complexity index is 814. The van der Waals surface area contributed by atoms with Gasteiger partial charge in [0.15, 0.2) is 0 Å². The molecule has 6 nitrogen and oxygen atoms in total. The quantitative estimate of drug-likeness (QED) is 0.483. The molecule has 7 heteroatoms. The number of benzene rings is 2. The number of methoxy groups -OCH3 is 2. The minimum absolute atomic E-state index is 0.221. The summed E-state index contributed by atoms with van der Waals surface area (Å²) in [4.78, 5) is 37.3. The molecule has 0 unspecified atom stereocenters. The fourth-order valence-corrected chi connectivity index (χ4v) is 3.26. The van der Waals surface area contributed by atoms with Gasteiger partial charge in [0.1, 0.15) is 5.75 Å². The van der Waals surface area contributed by atoms with E-state index in [0.717, 1.165) is 16.3 Å². The number of imide groups is 1. The third-order valence-corrected chi connectivity index (χ3v) is 4.61. The first-order valence-electron chi connectivity index (χ1n) is 6.99. The van der Waals surface area contributed by atoms with Crippen LogP contribution in [0.4, 0.5) is 0 Å². The van der Waals surface area contributed by atoms with Crippen LogP contribution in [0, 0.1) is 0 Å². The van der Waals surface area contributed by atoms with Crippen molar-refractivity contribution in [2.24, 2.45) is 0 Å². The van der Waals surface area contributed by atoms with Crippen molar-refractivity contribution in [1.82, 2.24) is 4.31 Å². The molecule has 0 radical (unpaired) electrons. The minimum Gasteiger partial charge on any atom is -0.497 e. The van der Waals surface area contributed by atoms with E-state index in [1.165, 1.54) is 20.3 Å². The van der Waals surface area contributed by atoms with Crippen LogP contribution in [0.15, 0.2) is 47.4 Å². The standard InChI is InChI=1S/C17H13NO5S/c1-22-10-7-8-14(13(9-10)17(21)23-2)24-18-15(19)11-5-3-4-6-12(11)16(18)20/h3-9H,1-2H3. The predicted molar refractivity (Wildman–Crippen MR) is 87.1 cm³/mol. The molecule has 2 amide bonds. The van der Waals surface area contributed by atoms with E-state index in [-0.39, 0.29) is 5.56 Å². The summed E-state index contributed by atoms with van der Waals surface area (Å²) in [6.45, 7) is 0. The van der Waals surface area contributed by atoms with Crippen molar-refractivity contribution in [3.8, 4) is 5.75 Å². The van der Waals surface area contributed by atoms with Gasteiger partial charge in [-0.2, -0.15) is 0 Å². The normalized spacial score (nSPS) is 13.0. The number of nitrogens with zero attached hydrogens (tertiary/aromatic N) is 1. The predicted octanol–water partition coefficient (Wildman–Crippen LogP) is 2.79. The largest absolute Gasteiger partial charge is 0.497 e. The van der Waals surface area contributed by atoms with Gasteiger partial charge in [-0.05, 0) is 42.3 Å². The summed E-state index contributed by atoms with van der Waals surface area (Å²) in [5, 5.41) is 0. The summed E-state index contributed by atoms with van der Waals surface area (Å²) < 4.78 is 10.9. The number of rotatable bonds is 4. The average Bonchev–Trinajstić information content (AvgIpc) is 2.86. The Balaban J connectivity index is 1.96. The Morgan fingerprint density at radius 3 is 2.17 bits per heavy atom. The zero-order valence-corrected chi connectivity index (χ0v) is 13.8. The lowest BCUT2D eigenvalue weighted by Gasteiger charge is -2.15. The van der Waals surface area contributed by atoms with Crippen LogP contribution in [-0.4, -0.2) is 36.3 Å². The molecule has 0 atom stereocenters. The average molecular weight is 343 g/mol. The maximum atomic E-state index is 12.4. The van der Waals surface area contributed by atoms with Gasteiger partial charge >= 0.3 is 5.97 Å². The molecule has 0 aliphatic carbocycles. The van der Waals surface area contributed by atoms with E-state index in [4.69, 9.17) is 9.47 Å². The highest BCUT2D eigenvalue weighted by Crippen LogP contribution is 2.35. The van der Waals surface area contributed by atoms with Crippen molar-refractivity contribution >= 4 is 29.7 Å². The molecule has 2 aromatic rings. The van der Waals surface area contributed by atoms with Crippen LogP contribution in [0.1, 0.15) is 31.1 Å². The minimum atomic E-state index is -0.576. The number of hydrogen-bond donors (Lipinski definition) is 0. The molecular formula is C17H13NO5S. The number of amides is 2. The number of ether oxygens (including phenoxy) is 2. The first kappa shape index (κ1) is 16.1. The van der Waals surface area contributed by atoms with E-state index in [1.54, 1.807) is 36.4 Å². The molecule has 24 heavy (non-hydrogen) atoms. The van der Waals surface area contributed by atoms with Crippen LogP contribution in [0.25, 0.3) is 0 Å². The van der Waals surface area contributed by atoms with Crippen molar-refractivity contribution < 1.29 is 23.9 Å². The summed E-state index contributed by atoms with van der Waals surface area (Å²) in [5.74, 6) is -0.922. The van der Waals surface area contributed by atoms with Gasteiger partial charge in [0.05, 0.1) is 30.9 Å². The van der Waals surface area contributed by atoms with Crippen LogP contribution < -0.4 is 4.74 Å². The van der Waals surface area contributed by atoms with Crippen LogP contribution in [0.3, 0.4) is 0 Å². The lowest BCUT2D eigenvalue weighted by molar-refractivity contribution is 0.0594. The van der Waals surface area contributed by atoms with Crippen LogP contribution in [0.2, 0.25) is 0 Å². The molecule has 3 rings (SSSR count). The number of carbonyl (C=O) groups excluding carboxylic acids is 3. The third kappa shape index (κ3) is 2.63. The molecule has 0 N–H and O–H groups in total. The lowest BCUT2D eigenvalue weighted by atomic mass is 10.1. The zero-order valence-electron chi connectivity index (χ0n) is 12.9. The Kier molecular flexibility index (Phi) is 4.26. The number of carbonyl (C=O) groups is 3. The number of fused-ring (bicyclic) bond motifs is 1. The van der Waals surface area contributed by atoms with Gasteiger partial charge in [-0.1, -0.05) is 12.1 Å². The van der Waals surface area contributed by atoms with E-state index in [1.807, 2.05) is 0 Å². The molecule has 0 fully saturated rings. The van der Waals surface area contributed by atoms with Gasteiger partial charge in [0, 0.05) is 4.90 Å². The van der Waals surface area contributed by atoms with E-state index < -0.39 is 17.8 Å². The van der Waals surface area contributed by atoms with Gasteiger partial charge in [-0.25, -0.2) is 9.10 Å². The van der Waals surface area contributed by atoms with Crippen LogP contribution >= 0.6 is 11.9 Å². The summed E-state index contributed by atoms with van der Waals surface area (Å²) in [6.07, 6.45) is 0. The molecule has 0 saturated heterocycles. The second-order valence-corrected chi connectivity index (χ2v) is 5.88. The Morgan fingerprint density at radius 1 is 1.00 bits per heavy atom. The molecule has 1 aliphatic rings. The summed E-state index contributed by atoms with van der Waals surface area (Å²) >= 11 is 0.891. The van der Waals surface area contributed by atoms with E-state index in [2.05, 4.69) is 0 Å². The van der Waals surface area contributed by atoms with Crippen LogP contribution in [0.5, 0.6) is 5.75 Å². The van der Waals surface area contributed by atoms with Crippen LogP contribution in [-0.2, 0) is 4.74 Å². The maximum Gasteiger partial charge on any atom is 0.339 e. The molecule has 122 valence electrons. The maximum absolute atomic E-state index is 12.4. The van der Waals surface area contributed by atoms with E-state index in [0.29, 0.717) is 21.8 Å². The highest BCUT2D eigenvalue weighted by molar-refractivity contribution is 7.98. The van der Waals surface area contributed by atoms with Crippen molar-refractivity contribution in [1.29, 1.82) is 0 Å². The fourth-order valence-electron chi connectivity index (χ4n) is 2.33. The molecular weight excluding hydrogens is 330 g/mol. The third-order valence-electron chi connectivity index (χ3n) is 3.54. The summed E-state index contributed by atoms with van der Waals surface area (Å²) in [5.41, 5.74) is 0.921. The molecule has 0 spiro atoms. The second kappa shape index (κ2) is 6.37. The van der Waals surface area contributed by atoms with Gasteiger partial charge in [-0.15, -0.1) is 0 Å². The Morgan fingerprint density at radius 2 is 1.62 bits per heavy atom. The van der Waals surface area contributed by atoms with Crippen molar-refractivity contribution in [3.05, 3.63) is 59.2 Å². The van der Waals surface area contributed by atoms with Gasteiger partial charge < -0.3 is 9.47 Å². The van der Waals surface area contributed by atoms with E-state index >= 15 is 0 Å². The topological polar surface area (TPSA) is 72.9 Å². The van der Waals surface area contributed by atoms with Crippen molar-refractivity contribution in [2.45, 2.75) is 4.90 Å². The fraction of sp³-hybridized carbons (Fsp3) is 0.118. The first-order chi connectivity index (χ1) is 11.6. The molecule has 0 bridgehead atoms. The molecule has 0 saturated carbocycles. The van der Waals surface area contributed by atoms with Gasteiger partial charge in [-0.3, -0.25) is 9.59 Å². The van der Waals surface area contributed by atoms with Crippen molar-refractivity contribution in [2.75, 3.05) is 14.2 Å². The molecule has 0 aromatic heterocycles. The van der Waals surface area contributed by atoms with Gasteiger partial charge in [0.2, 0.25) is 0 Å². The second-order valence-electron chi connectivity index (χ2n) is 4.90. The molecule has 1 aliphatic heterocycles. The lowest BCUT2D eigenvalue weighted by Crippen LogP contribution is -2.22. The SMILES string of the molecule is COC(=O)c1cc(OC)ccc1SN1C(=O)c2ccccc2C1=O. The van der Waals surface area contributed by atoms with Crippen molar-refractivity contribution in [3.63, 3.8) is 0 Å². The highest BCUT2D eigenvalue weighted by Gasteiger charge is 2.36. The van der Waals surface area contributed by atoms with Gasteiger partial charge in [0.25, 0.3) is 11.8 Å². The number of hydrogen-bond acceptors (Lipinski definition) is 6. The monoisotopic (exact) mass is 343 g/mol. The number of esters is 1. The molecule has 1 heterocycles. The summed E-state index contributed by atoms with van der Waals surface area (Å²) in [7, 11) is 2.74.